The van der Waals surface area contributed by atoms with Gasteiger partial charge in [-0.1, -0.05) is 18.2 Å². The van der Waals surface area contributed by atoms with E-state index < -0.39 is 35.6 Å². The first-order valence-electron chi connectivity index (χ1n) is 6.40. The van der Waals surface area contributed by atoms with Crippen LogP contribution in [0.4, 0.5) is 8.78 Å². The van der Waals surface area contributed by atoms with Crippen molar-refractivity contribution in [2.45, 2.75) is 12.1 Å². The van der Waals surface area contributed by atoms with Crippen molar-refractivity contribution >= 4 is 11.9 Å². The average Bonchev–Trinajstić information content (AvgIpc) is 2.92. The Kier molecular flexibility index (Phi) is 3.16. The molecular formula is C14H11F2N3O3. The highest BCUT2D eigenvalue weighted by molar-refractivity contribution is 6.03. The van der Waals surface area contributed by atoms with E-state index in [0.717, 1.165) is 6.33 Å². The smallest absolute Gasteiger partial charge is 0.356 e. The topological polar surface area (TPSA) is 84.2 Å². The van der Waals surface area contributed by atoms with Crippen molar-refractivity contribution < 1.29 is 23.5 Å². The third-order valence-corrected chi connectivity index (χ3v) is 3.67. The molecule has 1 aliphatic heterocycles. The molecule has 1 aliphatic rings. The number of carbonyl (C=O) groups is 2. The highest BCUT2D eigenvalue weighted by Crippen LogP contribution is 2.31. The van der Waals surface area contributed by atoms with Gasteiger partial charge in [-0.15, -0.1) is 0 Å². The first kappa shape index (κ1) is 14.2. The summed E-state index contributed by atoms with van der Waals surface area (Å²) in [5.41, 5.74) is -2.18. The zero-order valence-electron chi connectivity index (χ0n) is 11.2. The summed E-state index contributed by atoms with van der Waals surface area (Å²) in [6.45, 7) is -1.19. The minimum absolute atomic E-state index is 0.00192. The summed E-state index contributed by atoms with van der Waals surface area (Å²) in [4.78, 5) is 26.9. The monoisotopic (exact) mass is 307 g/mol. The zero-order valence-corrected chi connectivity index (χ0v) is 11.2. The van der Waals surface area contributed by atoms with Gasteiger partial charge in [0.25, 0.3) is 5.91 Å². The summed E-state index contributed by atoms with van der Waals surface area (Å²) in [5.74, 6) is -2.81. The van der Waals surface area contributed by atoms with Crippen molar-refractivity contribution in [1.82, 2.24) is 14.9 Å². The number of fused-ring (bicyclic) bond motifs is 1. The van der Waals surface area contributed by atoms with Crippen molar-refractivity contribution in [3.05, 3.63) is 53.4 Å². The van der Waals surface area contributed by atoms with E-state index in [0.29, 0.717) is 0 Å². The van der Waals surface area contributed by atoms with Crippen LogP contribution in [-0.2, 0) is 12.1 Å². The van der Waals surface area contributed by atoms with Crippen molar-refractivity contribution in [2.24, 2.45) is 0 Å². The maximum atomic E-state index is 14.0. The number of imidazole rings is 1. The fourth-order valence-corrected chi connectivity index (χ4v) is 2.65. The number of carbonyl (C=O) groups excluding carboxylic acids is 1. The van der Waals surface area contributed by atoms with Crippen LogP contribution in [0, 0.1) is 5.82 Å². The fourth-order valence-electron chi connectivity index (χ4n) is 2.65. The van der Waals surface area contributed by atoms with Crippen LogP contribution in [0.1, 0.15) is 26.5 Å². The first-order chi connectivity index (χ1) is 10.5. The SMILES string of the molecule is O=C(O)c1ncn2c1C(=O)NC(CF)(c1ccccc1F)C2. The van der Waals surface area contributed by atoms with E-state index in [1.807, 2.05) is 0 Å². The quantitative estimate of drug-likeness (QED) is 0.896. The van der Waals surface area contributed by atoms with Gasteiger partial charge in [0, 0.05) is 5.56 Å². The predicted molar refractivity (Wildman–Crippen MR) is 70.7 cm³/mol. The molecule has 0 saturated carbocycles. The number of benzene rings is 1. The van der Waals surface area contributed by atoms with Gasteiger partial charge in [-0.25, -0.2) is 18.6 Å². The van der Waals surface area contributed by atoms with Crippen molar-refractivity contribution in [2.75, 3.05) is 6.67 Å². The third-order valence-electron chi connectivity index (χ3n) is 3.67. The second kappa shape index (κ2) is 4.90. The lowest BCUT2D eigenvalue weighted by atomic mass is 9.88. The van der Waals surface area contributed by atoms with Gasteiger partial charge in [0.2, 0.25) is 0 Å². The molecule has 0 radical (unpaired) electrons. The van der Waals surface area contributed by atoms with Crippen molar-refractivity contribution in [3.63, 3.8) is 0 Å². The number of aromatic nitrogens is 2. The number of amides is 1. The van der Waals surface area contributed by atoms with Gasteiger partial charge in [0.05, 0.1) is 12.9 Å². The minimum atomic E-state index is -1.59. The molecule has 1 aromatic heterocycles. The third kappa shape index (κ3) is 1.95. The molecule has 1 amide bonds. The molecular weight excluding hydrogens is 296 g/mol. The molecule has 0 bridgehead atoms. The molecule has 6 nitrogen and oxygen atoms in total. The summed E-state index contributed by atoms with van der Waals surface area (Å²) in [7, 11) is 0. The number of carboxylic acids is 1. The Balaban J connectivity index is 2.12. The largest absolute Gasteiger partial charge is 0.476 e. The molecule has 8 heteroatoms. The number of nitrogens with zero attached hydrogens (tertiary/aromatic N) is 2. The van der Waals surface area contributed by atoms with Crippen LogP contribution in [0.2, 0.25) is 0 Å². The lowest BCUT2D eigenvalue weighted by Gasteiger charge is -2.37. The number of nitrogens with one attached hydrogen (secondary N) is 1. The molecule has 1 atom stereocenters. The Labute approximate surface area is 123 Å². The van der Waals surface area contributed by atoms with Crippen LogP contribution < -0.4 is 5.32 Å². The Hall–Kier alpha value is -2.77. The molecule has 114 valence electrons. The highest BCUT2D eigenvalue weighted by atomic mass is 19.1. The summed E-state index contributed by atoms with van der Waals surface area (Å²) >= 11 is 0. The number of hydrogen-bond acceptors (Lipinski definition) is 3. The molecule has 0 fully saturated rings. The molecule has 0 spiro atoms. The average molecular weight is 307 g/mol. The van der Waals surface area contributed by atoms with Gasteiger partial charge in [-0.3, -0.25) is 4.79 Å². The van der Waals surface area contributed by atoms with Crippen LogP contribution in [0.25, 0.3) is 0 Å². The number of hydrogen-bond donors (Lipinski definition) is 2. The molecule has 2 heterocycles. The van der Waals surface area contributed by atoms with Gasteiger partial charge in [0.1, 0.15) is 23.7 Å². The van der Waals surface area contributed by atoms with E-state index in [2.05, 4.69) is 10.3 Å². The van der Waals surface area contributed by atoms with E-state index in [4.69, 9.17) is 5.11 Å². The van der Waals surface area contributed by atoms with Crippen LogP contribution in [0.3, 0.4) is 0 Å². The van der Waals surface area contributed by atoms with E-state index >= 15 is 0 Å². The second-order valence-corrected chi connectivity index (χ2v) is 5.02. The molecule has 0 aliphatic carbocycles. The molecule has 0 saturated heterocycles. The minimum Gasteiger partial charge on any atom is -0.476 e. The van der Waals surface area contributed by atoms with E-state index in [9.17, 15) is 18.4 Å². The van der Waals surface area contributed by atoms with Crippen LogP contribution >= 0.6 is 0 Å². The van der Waals surface area contributed by atoms with Gasteiger partial charge in [-0.2, -0.15) is 0 Å². The Bertz CT molecular complexity index is 774. The number of halogens is 2. The Morgan fingerprint density at radius 1 is 1.45 bits per heavy atom. The predicted octanol–water partition coefficient (Wildman–Crippen LogP) is 1.33. The van der Waals surface area contributed by atoms with Gasteiger partial charge >= 0.3 is 5.97 Å². The maximum Gasteiger partial charge on any atom is 0.356 e. The molecule has 22 heavy (non-hydrogen) atoms. The number of alkyl halides is 1. The summed E-state index contributed by atoms with van der Waals surface area (Å²) in [6, 6.07) is 5.55. The van der Waals surface area contributed by atoms with E-state index in [-0.39, 0.29) is 17.8 Å². The lowest BCUT2D eigenvalue weighted by molar-refractivity contribution is 0.0673. The van der Waals surface area contributed by atoms with Crippen molar-refractivity contribution in [3.8, 4) is 0 Å². The highest BCUT2D eigenvalue weighted by Gasteiger charge is 2.43. The van der Waals surface area contributed by atoms with Gasteiger partial charge in [-0.05, 0) is 6.07 Å². The molecule has 3 rings (SSSR count). The fraction of sp³-hybridized carbons (Fsp3) is 0.214. The van der Waals surface area contributed by atoms with Crippen LogP contribution in [0.5, 0.6) is 0 Å². The number of carboxylic acid groups (broad SMARTS) is 1. The first-order valence-corrected chi connectivity index (χ1v) is 6.40. The molecule has 2 N–H and O–H groups in total. The normalized spacial score (nSPS) is 20.4. The summed E-state index contributed by atoms with van der Waals surface area (Å²) in [6.07, 6.45) is 1.14. The molecule has 2 aromatic rings. The Morgan fingerprint density at radius 2 is 2.18 bits per heavy atom. The summed E-state index contributed by atoms with van der Waals surface area (Å²) in [5, 5.41) is 11.4. The summed E-state index contributed by atoms with van der Waals surface area (Å²) < 4.78 is 28.9. The van der Waals surface area contributed by atoms with Gasteiger partial charge in [0.15, 0.2) is 5.69 Å². The standard InChI is InChI=1S/C14H11F2N3O3/c15-5-14(8-3-1-2-4-9(8)16)6-19-7-17-10(13(21)22)11(19)12(20)18-14/h1-4,7H,5-6H2,(H,18,20)(H,21,22). The molecule has 1 unspecified atom stereocenters. The second-order valence-electron chi connectivity index (χ2n) is 5.02. The van der Waals surface area contributed by atoms with Gasteiger partial charge < -0.3 is 15.0 Å². The van der Waals surface area contributed by atoms with Crippen molar-refractivity contribution in [1.29, 1.82) is 0 Å². The molecule has 1 aromatic carbocycles. The zero-order chi connectivity index (χ0) is 15.9. The van der Waals surface area contributed by atoms with E-state index in [1.54, 1.807) is 0 Å². The van der Waals surface area contributed by atoms with Crippen LogP contribution in [-0.4, -0.2) is 33.2 Å². The van der Waals surface area contributed by atoms with Crippen LogP contribution in [0.15, 0.2) is 30.6 Å². The lowest BCUT2D eigenvalue weighted by Crippen LogP contribution is -2.55. The Morgan fingerprint density at radius 3 is 2.82 bits per heavy atom. The maximum absolute atomic E-state index is 14.0. The number of rotatable bonds is 3. The number of aromatic carboxylic acids is 1. The van der Waals surface area contributed by atoms with E-state index in [1.165, 1.54) is 28.8 Å².